The van der Waals surface area contributed by atoms with E-state index in [2.05, 4.69) is 10.6 Å². The topological polar surface area (TPSA) is 95.6 Å². The van der Waals surface area contributed by atoms with Crippen molar-refractivity contribution in [2.24, 2.45) is 5.92 Å². The van der Waals surface area contributed by atoms with Crippen LogP contribution in [-0.2, 0) is 4.79 Å². The van der Waals surface area contributed by atoms with Gasteiger partial charge in [0.25, 0.3) is 17.7 Å². The van der Waals surface area contributed by atoms with Gasteiger partial charge in [-0.05, 0) is 36.6 Å². The molecule has 0 radical (unpaired) electrons. The number of hydrogen-bond acceptors (Lipinski definition) is 4. The van der Waals surface area contributed by atoms with Crippen molar-refractivity contribution < 1.29 is 19.2 Å². The summed E-state index contributed by atoms with van der Waals surface area (Å²) >= 11 is 0. The summed E-state index contributed by atoms with van der Waals surface area (Å²) in [5.74, 6) is -1.76. The molecule has 1 heterocycles. The molecular weight excluding hydrogens is 370 g/mol. The number of carbonyl (C=O) groups excluding carboxylic acids is 4. The Bertz CT molecular complexity index is 949. The number of imide groups is 1. The molecule has 0 aromatic heterocycles. The number of fused-ring (bicyclic) bond motifs is 1. The fourth-order valence-corrected chi connectivity index (χ4v) is 3.41. The number of rotatable bonds is 6. The Balaban J connectivity index is 1.93. The molecule has 1 aliphatic heterocycles. The molecule has 1 atom stereocenters. The monoisotopic (exact) mass is 393 g/mol. The first kappa shape index (κ1) is 20.3. The SMILES string of the molecule is CNC(=O)c1ccccc1NC(=O)C(CC(C)C)N1C(=O)c2ccccc2C1=O. The molecule has 3 rings (SSSR count). The molecule has 150 valence electrons. The molecule has 0 saturated heterocycles. The van der Waals surface area contributed by atoms with Crippen LogP contribution in [0, 0.1) is 5.92 Å². The van der Waals surface area contributed by atoms with Crippen molar-refractivity contribution in [2.75, 3.05) is 12.4 Å². The zero-order valence-corrected chi connectivity index (χ0v) is 16.6. The molecule has 0 saturated carbocycles. The van der Waals surface area contributed by atoms with E-state index >= 15 is 0 Å². The van der Waals surface area contributed by atoms with Gasteiger partial charge in [0, 0.05) is 7.05 Å². The van der Waals surface area contributed by atoms with Gasteiger partial charge in [0.15, 0.2) is 0 Å². The van der Waals surface area contributed by atoms with Crippen molar-refractivity contribution >= 4 is 29.3 Å². The quantitative estimate of drug-likeness (QED) is 0.738. The number of carbonyl (C=O) groups is 4. The van der Waals surface area contributed by atoms with E-state index in [9.17, 15) is 19.2 Å². The second kappa shape index (κ2) is 8.26. The number of benzene rings is 2. The largest absolute Gasteiger partial charge is 0.355 e. The van der Waals surface area contributed by atoms with Crippen molar-refractivity contribution in [3.05, 3.63) is 65.2 Å². The van der Waals surface area contributed by atoms with Crippen LogP contribution in [0.25, 0.3) is 0 Å². The number of amides is 4. The van der Waals surface area contributed by atoms with Crippen LogP contribution in [0.4, 0.5) is 5.69 Å². The highest BCUT2D eigenvalue weighted by Gasteiger charge is 2.42. The Morgan fingerprint density at radius 3 is 2.03 bits per heavy atom. The number of hydrogen-bond donors (Lipinski definition) is 2. The lowest BCUT2D eigenvalue weighted by Gasteiger charge is -2.27. The zero-order chi connectivity index (χ0) is 21.1. The lowest BCUT2D eigenvalue weighted by molar-refractivity contribution is -0.120. The number of para-hydroxylation sites is 1. The zero-order valence-electron chi connectivity index (χ0n) is 16.6. The lowest BCUT2D eigenvalue weighted by atomic mass is 10.0. The van der Waals surface area contributed by atoms with Crippen LogP contribution in [0.5, 0.6) is 0 Å². The summed E-state index contributed by atoms with van der Waals surface area (Å²) in [6, 6.07) is 12.1. The molecule has 0 fully saturated rings. The lowest BCUT2D eigenvalue weighted by Crippen LogP contribution is -2.48. The number of nitrogens with one attached hydrogen (secondary N) is 2. The molecule has 29 heavy (non-hydrogen) atoms. The molecule has 2 aromatic rings. The van der Waals surface area contributed by atoms with Gasteiger partial charge in [-0.1, -0.05) is 38.1 Å². The molecule has 0 bridgehead atoms. The van der Waals surface area contributed by atoms with Gasteiger partial charge in [-0.2, -0.15) is 0 Å². The predicted octanol–water partition coefficient (Wildman–Crippen LogP) is 2.70. The van der Waals surface area contributed by atoms with Gasteiger partial charge in [-0.3, -0.25) is 24.1 Å². The molecule has 2 aromatic carbocycles. The fraction of sp³-hybridized carbons (Fsp3) is 0.273. The average Bonchev–Trinajstić information content (AvgIpc) is 2.96. The summed E-state index contributed by atoms with van der Waals surface area (Å²) in [6.45, 7) is 3.83. The van der Waals surface area contributed by atoms with E-state index in [1.165, 1.54) is 7.05 Å². The minimum Gasteiger partial charge on any atom is -0.355 e. The van der Waals surface area contributed by atoms with Crippen LogP contribution in [0.15, 0.2) is 48.5 Å². The maximum atomic E-state index is 13.2. The predicted molar refractivity (Wildman–Crippen MR) is 109 cm³/mol. The van der Waals surface area contributed by atoms with Crippen LogP contribution in [-0.4, -0.2) is 41.6 Å². The third-order valence-corrected chi connectivity index (χ3v) is 4.79. The maximum absolute atomic E-state index is 13.2. The third kappa shape index (κ3) is 3.89. The summed E-state index contributed by atoms with van der Waals surface area (Å²) in [5.41, 5.74) is 1.21. The molecule has 4 amide bonds. The minimum absolute atomic E-state index is 0.0595. The van der Waals surface area contributed by atoms with Crippen LogP contribution in [0.1, 0.15) is 51.3 Å². The summed E-state index contributed by atoms with van der Waals surface area (Å²) in [4.78, 5) is 52.0. The van der Waals surface area contributed by atoms with Crippen molar-refractivity contribution in [3.63, 3.8) is 0 Å². The van der Waals surface area contributed by atoms with Gasteiger partial charge in [0.1, 0.15) is 6.04 Å². The second-order valence-electron chi connectivity index (χ2n) is 7.29. The van der Waals surface area contributed by atoms with Gasteiger partial charge in [0.05, 0.1) is 22.4 Å². The van der Waals surface area contributed by atoms with Gasteiger partial charge >= 0.3 is 0 Å². The second-order valence-corrected chi connectivity index (χ2v) is 7.29. The standard InChI is InChI=1S/C22H23N3O4/c1-13(2)12-18(25-21(28)14-8-4-5-9-15(14)22(25)29)20(27)24-17-11-7-6-10-16(17)19(26)23-3/h4-11,13,18H,12H2,1-3H3,(H,23,26)(H,24,27). The van der Waals surface area contributed by atoms with Gasteiger partial charge in [0.2, 0.25) is 5.91 Å². The van der Waals surface area contributed by atoms with Crippen molar-refractivity contribution in [1.82, 2.24) is 10.2 Å². The van der Waals surface area contributed by atoms with Gasteiger partial charge in [-0.25, -0.2) is 0 Å². The number of anilines is 1. The molecule has 2 N–H and O–H groups in total. The van der Waals surface area contributed by atoms with E-state index in [1.54, 1.807) is 48.5 Å². The van der Waals surface area contributed by atoms with Crippen LogP contribution < -0.4 is 10.6 Å². The molecule has 0 spiro atoms. The maximum Gasteiger partial charge on any atom is 0.262 e. The van der Waals surface area contributed by atoms with Crippen molar-refractivity contribution in [3.8, 4) is 0 Å². The van der Waals surface area contributed by atoms with Crippen molar-refractivity contribution in [2.45, 2.75) is 26.3 Å². The van der Waals surface area contributed by atoms with E-state index in [-0.39, 0.29) is 11.8 Å². The Kier molecular flexibility index (Phi) is 5.77. The van der Waals surface area contributed by atoms with Crippen molar-refractivity contribution in [1.29, 1.82) is 0 Å². The average molecular weight is 393 g/mol. The van der Waals surface area contributed by atoms with E-state index in [0.29, 0.717) is 28.8 Å². The first-order valence-corrected chi connectivity index (χ1v) is 9.44. The number of nitrogens with zero attached hydrogens (tertiary/aromatic N) is 1. The van der Waals surface area contributed by atoms with E-state index in [1.807, 2.05) is 13.8 Å². The Hall–Kier alpha value is -3.48. The summed E-state index contributed by atoms with van der Waals surface area (Å²) in [5, 5.41) is 5.26. The molecule has 7 nitrogen and oxygen atoms in total. The van der Waals surface area contributed by atoms with E-state index in [4.69, 9.17) is 0 Å². The highest BCUT2D eigenvalue weighted by Crippen LogP contribution is 2.28. The van der Waals surface area contributed by atoms with E-state index < -0.39 is 23.8 Å². The van der Waals surface area contributed by atoms with Gasteiger partial charge in [-0.15, -0.1) is 0 Å². The normalized spacial score (nSPS) is 14.0. The molecule has 1 aliphatic rings. The summed E-state index contributed by atoms with van der Waals surface area (Å²) in [7, 11) is 1.50. The minimum atomic E-state index is -0.986. The molecular formula is C22H23N3O4. The summed E-state index contributed by atoms with van der Waals surface area (Å²) in [6.07, 6.45) is 0.305. The first-order chi connectivity index (χ1) is 13.8. The van der Waals surface area contributed by atoms with E-state index in [0.717, 1.165) is 4.90 Å². The Morgan fingerprint density at radius 1 is 0.931 bits per heavy atom. The Morgan fingerprint density at radius 2 is 1.48 bits per heavy atom. The third-order valence-electron chi connectivity index (χ3n) is 4.79. The highest BCUT2D eigenvalue weighted by atomic mass is 16.2. The summed E-state index contributed by atoms with van der Waals surface area (Å²) < 4.78 is 0. The van der Waals surface area contributed by atoms with Crippen LogP contribution in [0.2, 0.25) is 0 Å². The first-order valence-electron chi connectivity index (χ1n) is 9.44. The molecule has 1 unspecified atom stereocenters. The smallest absolute Gasteiger partial charge is 0.262 e. The van der Waals surface area contributed by atoms with Gasteiger partial charge < -0.3 is 10.6 Å². The van der Waals surface area contributed by atoms with Crippen LogP contribution >= 0.6 is 0 Å². The Labute approximate surface area is 169 Å². The molecule has 7 heteroatoms. The fourth-order valence-electron chi connectivity index (χ4n) is 3.41. The highest BCUT2D eigenvalue weighted by molar-refractivity contribution is 6.23. The van der Waals surface area contributed by atoms with Crippen LogP contribution in [0.3, 0.4) is 0 Å². The molecule has 0 aliphatic carbocycles.